The highest BCUT2D eigenvalue weighted by molar-refractivity contribution is 9.08. The van der Waals surface area contributed by atoms with E-state index in [2.05, 4.69) is 25.7 Å². The molecular weight excluding hydrogens is 383 g/mol. The Labute approximate surface area is 145 Å². The molecule has 2 nitrogen and oxygen atoms in total. The molecule has 6 heteroatoms. The van der Waals surface area contributed by atoms with Crippen LogP contribution in [-0.4, -0.2) is 11.3 Å². The quantitative estimate of drug-likeness (QED) is 0.507. The van der Waals surface area contributed by atoms with Gasteiger partial charge in [-0.25, -0.2) is 4.98 Å². The maximum atomic E-state index is 12.7. The molecule has 0 bridgehead atoms. The van der Waals surface area contributed by atoms with Gasteiger partial charge in [-0.15, -0.1) is 13.2 Å². The zero-order chi connectivity index (χ0) is 17.3. The first-order chi connectivity index (χ1) is 11.4. The molecule has 3 rings (SSSR count). The lowest BCUT2D eigenvalue weighted by atomic mass is 10.0. The standard InChI is InChI=1S/C18H13BrF3NO/c1-11-5-4-6-12-9-13(10-19)17(23-16(11)12)14-7-2-3-8-15(14)24-18(20,21)22/h2-9H,10H2,1H3. The van der Waals surface area contributed by atoms with Crippen LogP contribution in [0.3, 0.4) is 0 Å². The Morgan fingerprint density at radius 2 is 1.83 bits per heavy atom. The van der Waals surface area contributed by atoms with Crippen LogP contribution in [0.2, 0.25) is 0 Å². The number of rotatable bonds is 3. The van der Waals surface area contributed by atoms with Gasteiger partial charge in [0.2, 0.25) is 0 Å². The molecule has 0 spiro atoms. The molecule has 124 valence electrons. The lowest BCUT2D eigenvalue weighted by Crippen LogP contribution is -2.17. The highest BCUT2D eigenvalue weighted by Gasteiger charge is 2.32. The predicted octanol–water partition coefficient (Wildman–Crippen LogP) is 6.00. The van der Waals surface area contributed by atoms with Crippen molar-refractivity contribution in [2.24, 2.45) is 0 Å². The van der Waals surface area contributed by atoms with Gasteiger partial charge in [0.15, 0.2) is 0 Å². The molecule has 24 heavy (non-hydrogen) atoms. The van der Waals surface area contributed by atoms with E-state index < -0.39 is 6.36 Å². The lowest BCUT2D eigenvalue weighted by molar-refractivity contribution is -0.274. The summed E-state index contributed by atoms with van der Waals surface area (Å²) in [6, 6.07) is 13.8. The number of aryl methyl sites for hydroxylation is 1. The maximum absolute atomic E-state index is 12.7. The minimum atomic E-state index is -4.75. The Balaban J connectivity index is 2.24. The third-order valence-corrected chi connectivity index (χ3v) is 4.24. The highest BCUT2D eigenvalue weighted by atomic mass is 79.9. The van der Waals surface area contributed by atoms with Crippen molar-refractivity contribution in [2.45, 2.75) is 18.6 Å². The van der Waals surface area contributed by atoms with Gasteiger partial charge in [-0.05, 0) is 36.2 Å². The third kappa shape index (κ3) is 3.38. The van der Waals surface area contributed by atoms with Crippen molar-refractivity contribution in [1.29, 1.82) is 0 Å². The summed E-state index contributed by atoms with van der Waals surface area (Å²) in [5.41, 5.74) is 3.32. The van der Waals surface area contributed by atoms with E-state index in [0.29, 0.717) is 16.6 Å². The topological polar surface area (TPSA) is 22.1 Å². The number of alkyl halides is 4. The van der Waals surface area contributed by atoms with Gasteiger partial charge in [-0.1, -0.05) is 46.3 Å². The first-order valence-corrected chi connectivity index (χ1v) is 8.31. The summed E-state index contributed by atoms with van der Waals surface area (Å²) in [4.78, 5) is 4.63. The molecule has 0 N–H and O–H groups in total. The van der Waals surface area contributed by atoms with Gasteiger partial charge in [0.25, 0.3) is 0 Å². The molecule has 1 heterocycles. The zero-order valence-electron chi connectivity index (χ0n) is 12.7. The molecule has 0 radical (unpaired) electrons. The number of pyridine rings is 1. The second-order valence-corrected chi connectivity index (χ2v) is 5.88. The van der Waals surface area contributed by atoms with Crippen LogP contribution in [-0.2, 0) is 5.33 Å². The fourth-order valence-electron chi connectivity index (χ4n) is 2.60. The van der Waals surface area contributed by atoms with Gasteiger partial charge in [0, 0.05) is 16.3 Å². The molecule has 3 aromatic rings. The molecule has 0 aliphatic carbocycles. The van der Waals surface area contributed by atoms with E-state index >= 15 is 0 Å². The summed E-state index contributed by atoms with van der Waals surface area (Å²) < 4.78 is 42.2. The monoisotopic (exact) mass is 395 g/mol. The Bertz CT molecular complexity index is 893. The number of ether oxygens (including phenoxy) is 1. The van der Waals surface area contributed by atoms with Gasteiger partial charge < -0.3 is 4.74 Å². The minimum Gasteiger partial charge on any atom is -0.405 e. The van der Waals surface area contributed by atoms with Gasteiger partial charge >= 0.3 is 6.36 Å². The molecule has 2 aromatic carbocycles. The van der Waals surface area contributed by atoms with Gasteiger partial charge in [-0.3, -0.25) is 0 Å². The van der Waals surface area contributed by atoms with Crippen molar-refractivity contribution in [3.05, 3.63) is 59.7 Å². The number of hydrogen-bond donors (Lipinski definition) is 0. The third-order valence-electron chi connectivity index (χ3n) is 3.64. The van der Waals surface area contributed by atoms with E-state index in [1.807, 2.05) is 31.2 Å². The second-order valence-electron chi connectivity index (χ2n) is 5.32. The molecule has 0 saturated heterocycles. The van der Waals surface area contributed by atoms with Crippen molar-refractivity contribution in [3.63, 3.8) is 0 Å². The zero-order valence-corrected chi connectivity index (χ0v) is 14.3. The van der Waals surface area contributed by atoms with Crippen LogP contribution in [0.4, 0.5) is 13.2 Å². The molecule has 0 aliphatic rings. The number of benzene rings is 2. The molecule has 0 saturated carbocycles. The van der Waals surface area contributed by atoms with Gasteiger partial charge in [0.05, 0.1) is 11.2 Å². The molecule has 0 fully saturated rings. The number of halogens is 4. The molecule has 1 aromatic heterocycles. The van der Waals surface area contributed by atoms with Crippen LogP contribution in [0.15, 0.2) is 48.5 Å². The fraction of sp³-hybridized carbons (Fsp3) is 0.167. The first-order valence-electron chi connectivity index (χ1n) is 7.19. The van der Waals surface area contributed by atoms with Crippen LogP contribution in [0.5, 0.6) is 5.75 Å². The van der Waals surface area contributed by atoms with Crippen LogP contribution < -0.4 is 4.74 Å². The normalized spacial score (nSPS) is 11.7. The largest absolute Gasteiger partial charge is 0.573 e. The average Bonchev–Trinajstić information content (AvgIpc) is 2.53. The van der Waals surface area contributed by atoms with Crippen LogP contribution in [0, 0.1) is 6.92 Å². The molecule has 0 atom stereocenters. The van der Waals surface area contributed by atoms with E-state index in [0.717, 1.165) is 22.0 Å². The van der Waals surface area contributed by atoms with Crippen molar-refractivity contribution >= 4 is 26.8 Å². The van der Waals surface area contributed by atoms with Crippen LogP contribution >= 0.6 is 15.9 Å². The number of nitrogens with zero attached hydrogens (tertiary/aromatic N) is 1. The number of hydrogen-bond acceptors (Lipinski definition) is 2. The lowest BCUT2D eigenvalue weighted by Gasteiger charge is -2.15. The Kier molecular flexibility index (Phi) is 4.49. The Morgan fingerprint density at radius 3 is 2.54 bits per heavy atom. The number of aromatic nitrogens is 1. The van der Waals surface area contributed by atoms with Crippen molar-refractivity contribution in [1.82, 2.24) is 4.98 Å². The molecule has 0 amide bonds. The summed E-state index contributed by atoms with van der Waals surface area (Å²) in [6.07, 6.45) is -4.75. The smallest absolute Gasteiger partial charge is 0.405 e. The van der Waals surface area contributed by atoms with Gasteiger partial charge in [0.1, 0.15) is 5.75 Å². The van der Waals surface area contributed by atoms with Crippen LogP contribution in [0.1, 0.15) is 11.1 Å². The van der Waals surface area contributed by atoms with Crippen LogP contribution in [0.25, 0.3) is 22.2 Å². The number of fused-ring (bicyclic) bond motifs is 1. The number of para-hydroxylation sites is 2. The van der Waals surface area contributed by atoms with E-state index in [-0.39, 0.29) is 5.75 Å². The van der Waals surface area contributed by atoms with Gasteiger partial charge in [-0.2, -0.15) is 0 Å². The summed E-state index contributed by atoms with van der Waals surface area (Å²) in [5.74, 6) is -0.257. The fourth-order valence-corrected chi connectivity index (χ4v) is 3.03. The summed E-state index contributed by atoms with van der Waals surface area (Å²) in [7, 11) is 0. The summed E-state index contributed by atoms with van der Waals surface area (Å²) in [5, 5.41) is 1.42. The van der Waals surface area contributed by atoms with E-state index in [9.17, 15) is 13.2 Å². The molecular formula is C18H13BrF3NO. The Morgan fingerprint density at radius 1 is 1.08 bits per heavy atom. The summed E-state index contributed by atoms with van der Waals surface area (Å²) in [6.45, 7) is 1.92. The maximum Gasteiger partial charge on any atom is 0.573 e. The predicted molar refractivity (Wildman–Crippen MR) is 91.2 cm³/mol. The van der Waals surface area contributed by atoms with Crippen molar-refractivity contribution < 1.29 is 17.9 Å². The van der Waals surface area contributed by atoms with E-state index in [1.54, 1.807) is 12.1 Å². The highest BCUT2D eigenvalue weighted by Crippen LogP contribution is 2.36. The second kappa shape index (κ2) is 6.43. The average molecular weight is 396 g/mol. The van der Waals surface area contributed by atoms with Crippen molar-refractivity contribution in [3.8, 4) is 17.0 Å². The minimum absolute atomic E-state index is 0.257. The van der Waals surface area contributed by atoms with E-state index in [1.165, 1.54) is 12.1 Å². The van der Waals surface area contributed by atoms with Crippen molar-refractivity contribution in [2.75, 3.05) is 0 Å². The first kappa shape index (κ1) is 16.8. The Hall–Kier alpha value is -2.08. The molecule has 0 aliphatic heterocycles. The van der Waals surface area contributed by atoms with E-state index in [4.69, 9.17) is 0 Å². The SMILES string of the molecule is Cc1cccc2cc(CBr)c(-c3ccccc3OC(F)(F)F)nc12. The molecule has 0 unspecified atom stereocenters. The summed E-state index contributed by atoms with van der Waals surface area (Å²) >= 11 is 3.39.